The second-order valence-corrected chi connectivity index (χ2v) is 8.07. The van der Waals surface area contributed by atoms with Crippen LogP contribution in [0, 0.1) is 0 Å². The third-order valence-electron chi connectivity index (χ3n) is 4.39. The van der Waals surface area contributed by atoms with Crippen LogP contribution in [0.25, 0.3) is 11.5 Å². The lowest BCUT2D eigenvalue weighted by molar-refractivity contribution is 0.0724. The lowest BCUT2D eigenvalue weighted by Gasteiger charge is -2.26. The highest BCUT2D eigenvalue weighted by molar-refractivity contribution is 7.99. The number of carbonyl (C=O) groups excluding carboxylic acids is 1. The fourth-order valence-electron chi connectivity index (χ4n) is 2.97. The van der Waals surface area contributed by atoms with Crippen LogP contribution in [0.3, 0.4) is 0 Å². The van der Waals surface area contributed by atoms with Crippen LogP contribution in [0.5, 0.6) is 0 Å². The summed E-state index contributed by atoms with van der Waals surface area (Å²) >= 11 is 13.6. The summed E-state index contributed by atoms with van der Waals surface area (Å²) in [5.74, 6) is 0.283. The molecular weight excluding hydrogens is 419 g/mol. The van der Waals surface area contributed by atoms with Crippen molar-refractivity contribution in [3.63, 3.8) is 0 Å². The van der Waals surface area contributed by atoms with Crippen molar-refractivity contribution in [3.05, 3.63) is 52.1 Å². The van der Waals surface area contributed by atoms with Crippen LogP contribution >= 0.6 is 35.0 Å². The minimum Gasteiger partial charge on any atom is -0.411 e. The number of aromatic nitrogens is 3. The number of amides is 1. The van der Waals surface area contributed by atoms with Gasteiger partial charge in [0.15, 0.2) is 0 Å². The van der Waals surface area contributed by atoms with Crippen LogP contribution in [0.1, 0.15) is 29.6 Å². The van der Waals surface area contributed by atoms with E-state index < -0.39 is 0 Å². The molecule has 0 aliphatic carbocycles. The Bertz CT molecular complexity index is 1010. The van der Waals surface area contributed by atoms with Crippen molar-refractivity contribution in [2.45, 2.75) is 29.5 Å². The minimum atomic E-state index is -0.0375. The molecule has 2 aromatic heterocycles. The number of rotatable bonds is 4. The van der Waals surface area contributed by atoms with Gasteiger partial charge in [-0.1, -0.05) is 35.3 Å². The molecular formula is C19H16Cl2N4O2S. The van der Waals surface area contributed by atoms with E-state index in [9.17, 15) is 4.79 Å². The van der Waals surface area contributed by atoms with Crippen molar-refractivity contribution < 1.29 is 9.21 Å². The first-order valence-corrected chi connectivity index (χ1v) is 10.4. The molecule has 0 atom stereocenters. The highest BCUT2D eigenvalue weighted by Gasteiger charge is 2.20. The number of nitrogens with zero attached hydrogens (tertiary/aromatic N) is 4. The molecule has 1 aliphatic heterocycles. The highest BCUT2D eigenvalue weighted by atomic mass is 35.5. The summed E-state index contributed by atoms with van der Waals surface area (Å²) in [5, 5.41) is 9.72. The van der Waals surface area contributed by atoms with E-state index in [1.165, 1.54) is 12.6 Å². The van der Waals surface area contributed by atoms with E-state index in [1.54, 1.807) is 18.2 Å². The van der Waals surface area contributed by atoms with E-state index in [4.69, 9.17) is 27.6 Å². The van der Waals surface area contributed by atoms with Crippen LogP contribution < -0.4 is 0 Å². The lowest BCUT2D eigenvalue weighted by Crippen LogP contribution is -2.35. The zero-order chi connectivity index (χ0) is 19.5. The highest BCUT2D eigenvalue weighted by Crippen LogP contribution is 2.34. The summed E-state index contributed by atoms with van der Waals surface area (Å²) < 4.78 is 5.66. The maximum Gasteiger partial charge on any atom is 0.283 e. The number of hydrogen-bond acceptors (Lipinski definition) is 6. The van der Waals surface area contributed by atoms with Crippen molar-refractivity contribution in [1.82, 2.24) is 20.1 Å². The quantitative estimate of drug-likeness (QED) is 0.560. The van der Waals surface area contributed by atoms with Gasteiger partial charge in [0.05, 0.1) is 21.2 Å². The molecule has 3 heterocycles. The summed E-state index contributed by atoms with van der Waals surface area (Å²) in [6, 6.07) is 8.86. The van der Waals surface area contributed by atoms with Crippen molar-refractivity contribution in [2.24, 2.45) is 0 Å². The predicted octanol–water partition coefficient (Wildman–Crippen LogP) is 5.22. The standard InChI is InChI=1S/C19H16Cl2N4O2S/c20-14-7-3-2-6-13(14)16-23-24-19(27-16)28-17-15(21)10-12(11-22-17)18(26)25-8-4-1-5-9-25/h2-3,6-7,10-11H,1,4-5,8-9H2. The molecule has 6 nitrogen and oxygen atoms in total. The first-order valence-electron chi connectivity index (χ1n) is 8.83. The Kier molecular flexibility index (Phi) is 5.85. The third-order valence-corrected chi connectivity index (χ3v) is 5.98. The second kappa shape index (κ2) is 8.51. The molecule has 0 unspecified atom stereocenters. The molecule has 28 heavy (non-hydrogen) atoms. The first kappa shape index (κ1) is 19.2. The Morgan fingerprint density at radius 1 is 1.07 bits per heavy atom. The van der Waals surface area contributed by atoms with E-state index in [1.807, 2.05) is 17.0 Å². The van der Waals surface area contributed by atoms with E-state index in [2.05, 4.69) is 15.2 Å². The van der Waals surface area contributed by atoms with Crippen molar-refractivity contribution >= 4 is 40.9 Å². The average molecular weight is 435 g/mol. The van der Waals surface area contributed by atoms with Gasteiger partial charge in [0.1, 0.15) is 5.03 Å². The second-order valence-electron chi connectivity index (χ2n) is 6.32. The van der Waals surface area contributed by atoms with Gasteiger partial charge >= 0.3 is 0 Å². The van der Waals surface area contributed by atoms with E-state index >= 15 is 0 Å². The molecule has 0 spiro atoms. The number of piperidine rings is 1. The number of pyridine rings is 1. The summed E-state index contributed by atoms with van der Waals surface area (Å²) in [4.78, 5) is 18.7. The number of hydrogen-bond donors (Lipinski definition) is 0. The normalized spacial score (nSPS) is 14.3. The molecule has 1 amide bonds. The first-order chi connectivity index (χ1) is 13.6. The topological polar surface area (TPSA) is 72.1 Å². The smallest absolute Gasteiger partial charge is 0.283 e. The minimum absolute atomic E-state index is 0.0375. The zero-order valence-electron chi connectivity index (χ0n) is 14.8. The van der Waals surface area contributed by atoms with Gasteiger partial charge in [0, 0.05) is 19.3 Å². The summed E-state index contributed by atoms with van der Waals surface area (Å²) in [7, 11) is 0. The van der Waals surface area contributed by atoms with Gasteiger partial charge in [-0.15, -0.1) is 10.2 Å². The Balaban J connectivity index is 1.50. The molecule has 1 fully saturated rings. The van der Waals surface area contributed by atoms with Crippen molar-refractivity contribution in [2.75, 3.05) is 13.1 Å². The zero-order valence-corrected chi connectivity index (χ0v) is 17.1. The Morgan fingerprint density at radius 2 is 1.86 bits per heavy atom. The molecule has 9 heteroatoms. The van der Waals surface area contributed by atoms with E-state index in [0.717, 1.165) is 37.7 Å². The van der Waals surface area contributed by atoms with Crippen LogP contribution in [0.2, 0.25) is 10.0 Å². The molecule has 1 aliphatic rings. The number of benzene rings is 1. The van der Waals surface area contributed by atoms with Gasteiger partial charge in [-0.2, -0.15) is 0 Å². The number of likely N-dealkylation sites (tertiary alicyclic amines) is 1. The van der Waals surface area contributed by atoms with Crippen molar-refractivity contribution in [3.8, 4) is 11.5 Å². The molecule has 0 saturated carbocycles. The van der Waals surface area contributed by atoms with Gasteiger partial charge in [-0.3, -0.25) is 4.79 Å². The maximum absolute atomic E-state index is 12.6. The molecule has 0 radical (unpaired) electrons. The van der Waals surface area contributed by atoms with Gasteiger partial charge in [-0.05, 0) is 49.2 Å². The number of carbonyl (C=O) groups is 1. The van der Waals surface area contributed by atoms with E-state index in [-0.39, 0.29) is 5.91 Å². The fraction of sp³-hybridized carbons (Fsp3) is 0.263. The molecule has 1 saturated heterocycles. The summed E-state index contributed by atoms with van der Waals surface area (Å²) in [5.41, 5.74) is 1.14. The molecule has 0 bridgehead atoms. The predicted molar refractivity (Wildman–Crippen MR) is 108 cm³/mol. The lowest BCUT2D eigenvalue weighted by atomic mass is 10.1. The molecule has 0 N–H and O–H groups in total. The monoisotopic (exact) mass is 434 g/mol. The van der Waals surface area contributed by atoms with Gasteiger partial charge < -0.3 is 9.32 Å². The van der Waals surface area contributed by atoms with Crippen LogP contribution in [0.4, 0.5) is 0 Å². The number of halogens is 2. The summed E-state index contributed by atoms with van der Waals surface area (Å²) in [6.07, 6.45) is 4.77. The van der Waals surface area contributed by atoms with Crippen molar-refractivity contribution in [1.29, 1.82) is 0 Å². The van der Waals surface area contributed by atoms with Gasteiger partial charge in [0.2, 0.25) is 5.89 Å². The fourth-order valence-corrected chi connectivity index (χ4v) is 4.10. The Morgan fingerprint density at radius 3 is 2.61 bits per heavy atom. The molecule has 4 rings (SSSR count). The van der Waals surface area contributed by atoms with Gasteiger partial charge in [0.25, 0.3) is 11.1 Å². The van der Waals surface area contributed by atoms with Gasteiger partial charge in [-0.25, -0.2) is 4.98 Å². The molecule has 3 aromatic rings. The largest absolute Gasteiger partial charge is 0.411 e. The Labute approximate surface area is 176 Å². The van der Waals surface area contributed by atoms with Crippen LogP contribution in [-0.4, -0.2) is 39.1 Å². The van der Waals surface area contributed by atoms with Crippen LogP contribution in [-0.2, 0) is 0 Å². The maximum atomic E-state index is 12.6. The SMILES string of the molecule is O=C(c1cnc(Sc2nnc(-c3ccccc3Cl)o2)c(Cl)c1)N1CCCCC1. The third kappa shape index (κ3) is 4.16. The average Bonchev–Trinajstić information content (AvgIpc) is 3.18. The van der Waals surface area contributed by atoms with E-state index in [0.29, 0.717) is 37.3 Å². The Hall–Kier alpha value is -2.09. The molecule has 144 valence electrons. The summed E-state index contributed by atoms with van der Waals surface area (Å²) in [6.45, 7) is 1.56. The van der Waals surface area contributed by atoms with Crippen LogP contribution in [0.15, 0.2) is 51.2 Å². The molecule has 1 aromatic carbocycles.